The van der Waals surface area contributed by atoms with E-state index in [4.69, 9.17) is 5.26 Å². The molecule has 1 aromatic rings. The van der Waals surface area contributed by atoms with E-state index in [9.17, 15) is 9.59 Å². The van der Waals surface area contributed by atoms with Crippen LogP contribution in [0.25, 0.3) is 0 Å². The highest BCUT2D eigenvalue weighted by atomic mass is 28.4. The fourth-order valence-corrected chi connectivity index (χ4v) is 3.09. The molecule has 0 amide bonds. The lowest BCUT2D eigenvalue weighted by Crippen LogP contribution is -2.38. The molecule has 0 radical (unpaired) electrons. The predicted molar refractivity (Wildman–Crippen MR) is 100 cm³/mol. The van der Waals surface area contributed by atoms with Crippen LogP contribution in [0, 0.1) is 23.2 Å². The standard InChI is InChI=1S/C20H27NO2Si/c1-20(2,24(3,4)23)11-8-6-5-7-9-17-13-18(10-12-21)15-19(14-17)16-22/h13-16,23H,5-6,8,10-11H2,1-4H3. The molecule has 0 saturated carbocycles. The van der Waals surface area contributed by atoms with Gasteiger partial charge >= 0.3 is 0 Å². The molecule has 0 unspecified atom stereocenters. The van der Waals surface area contributed by atoms with Gasteiger partial charge in [0.05, 0.1) is 12.5 Å². The molecular formula is C20H27NO2Si. The number of carbonyl (C=O) groups is 1. The highest BCUT2D eigenvalue weighted by molar-refractivity contribution is 6.72. The number of hydrogen-bond donors (Lipinski definition) is 1. The molecular weight excluding hydrogens is 314 g/mol. The zero-order valence-corrected chi connectivity index (χ0v) is 16.1. The van der Waals surface area contributed by atoms with E-state index in [2.05, 4.69) is 31.8 Å². The molecule has 3 nitrogen and oxygen atoms in total. The predicted octanol–water partition coefficient (Wildman–Crippen LogP) is 4.45. The van der Waals surface area contributed by atoms with Gasteiger partial charge in [-0.05, 0) is 54.7 Å². The number of hydrogen-bond acceptors (Lipinski definition) is 3. The van der Waals surface area contributed by atoms with E-state index in [0.29, 0.717) is 5.56 Å². The number of benzene rings is 1. The Morgan fingerprint density at radius 3 is 2.54 bits per heavy atom. The number of nitriles is 1. The Balaban J connectivity index is 2.57. The minimum Gasteiger partial charge on any atom is -0.432 e. The minimum atomic E-state index is -2.13. The van der Waals surface area contributed by atoms with Gasteiger partial charge < -0.3 is 4.80 Å². The topological polar surface area (TPSA) is 61.1 Å². The van der Waals surface area contributed by atoms with Crippen LogP contribution in [0.2, 0.25) is 18.1 Å². The van der Waals surface area contributed by atoms with Gasteiger partial charge in [-0.25, -0.2) is 0 Å². The first-order valence-electron chi connectivity index (χ1n) is 8.37. The normalized spacial score (nSPS) is 11.3. The molecule has 0 aliphatic heterocycles. The second-order valence-electron chi connectivity index (χ2n) is 7.37. The molecule has 24 heavy (non-hydrogen) atoms. The van der Waals surface area contributed by atoms with Gasteiger partial charge in [0, 0.05) is 17.5 Å². The molecule has 0 spiro atoms. The van der Waals surface area contributed by atoms with Crippen molar-refractivity contribution in [3.05, 3.63) is 34.9 Å². The largest absolute Gasteiger partial charge is 0.432 e. The number of carbonyl (C=O) groups excluding carboxylic acids is 1. The zero-order valence-electron chi connectivity index (χ0n) is 15.1. The molecule has 1 rings (SSSR count). The summed E-state index contributed by atoms with van der Waals surface area (Å²) in [5, 5.41) is 8.80. The first-order valence-corrected chi connectivity index (χ1v) is 11.3. The van der Waals surface area contributed by atoms with E-state index >= 15 is 0 Å². The van der Waals surface area contributed by atoms with Gasteiger partial charge in [-0.2, -0.15) is 5.26 Å². The second-order valence-corrected chi connectivity index (χ2v) is 11.8. The smallest absolute Gasteiger partial charge is 0.188 e. The zero-order chi connectivity index (χ0) is 18.2. The Kier molecular flexibility index (Phi) is 7.41. The maximum Gasteiger partial charge on any atom is 0.188 e. The van der Waals surface area contributed by atoms with Gasteiger partial charge in [0.25, 0.3) is 0 Å². The number of nitrogens with zero attached hydrogens (tertiary/aromatic N) is 1. The van der Waals surface area contributed by atoms with E-state index in [-0.39, 0.29) is 11.5 Å². The van der Waals surface area contributed by atoms with Crippen molar-refractivity contribution in [3.63, 3.8) is 0 Å². The highest BCUT2D eigenvalue weighted by Gasteiger charge is 2.37. The van der Waals surface area contributed by atoms with E-state index in [1.807, 2.05) is 19.2 Å². The quantitative estimate of drug-likeness (QED) is 0.345. The lowest BCUT2D eigenvalue weighted by atomic mass is 10.0. The minimum absolute atomic E-state index is 0.0188. The lowest BCUT2D eigenvalue weighted by Gasteiger charge is -2.35. The number of rotatable bonds is 7. The molecule has 0 aromatic heterocycles. The molecule has 0 atom stereocenters. The molecule has 1 N–H and O–H groups in total. The van der Waals surface area contributed by atoms with Crippen LogP contribution < -0.4 is 0 Å². The molecule has 1 aromatic carbocycles. The van der Waals surface area contributed by atoms with Crippen molar-refractivity contribution >= 4 is 14.6 Å². The third-order valence-electron chi connectivity index (χ3n) is 4.68. The van der Waals surface area contributed by atoms with Crippen molar-refractivity contribution in [1.82, 2.24) is 0 Å². The summed E-state index contributed by atoms with van der Waals surface area (Å²) in [7, 11) is -2.13. The SMILES string of the molecule is CC(C)(CCCCC#Cc1cc(C=O)cc(CC#N)c1)[Si](C)(C)O. The van der Waals surface area contributed by atoms with E-state index in [1.165, 1.54) is 0 Å². The molecule has 0 bridgehead atoms. The Labute approximate surface area is 146 Å². The lowest BCUT2D eigenvalue weighted by molar-refractivity contribution is 0.112. The molecule has 0 aliphatic carbocycles. The Morgan fingerprint density at radius 2 is 1.96 bits per heavy atom. The maximum absolute atomic E-state index is 11.0. The van der Waals surface area contributed by atoms with Gasteiger partial charge in [0.1, 0.15) is 6.29 Å². The average Bonchev–Trinajstić information content (AvgIpc) is 2.49. The highest BCUT2D eigenvalue weighted by Crippen LogP contribution is 2.40. The van der Waals surface area contributed by atoms with E-state index in [1.54, 1.807) is 12.1 Å². The Bertz CT molecular complexity index is 670. The summed E-state index contributed by atoms with van der Waals surface area (Å²) < 4.78 is 0. The van der Waals surface area contributed by atoms with Crippen molar-refractivity contribution in [2.75, 3.05) is 0 Å². The summed E-state index contributed by atoms with van der Waals surface area (Å²) in [6, 6.07) is 7.44. The molecule has 0 aliphatic rings. The number of aldehydes is 1. The van der Waals surface area contributed by atoms with Crippen molar-refractivity contribution in [2.45, 2.75) is 64.1 Å². The van der Waals surface area contributed by atoms with Gasteiger partial charge in [-0.15, -0.1) is 0 Å². The Morgan fingerprint density at radius 1 is 1.25 bits per heavy atom. The molecule has 128 valence electrons. The van der Waals surface area contributed by atoms with Crippen LogP contribution in [0.3, 0.4) is 0 Å². The van der Waals surface area contributed by atoms with Crippen molar-refractivity contribution in [2.24, 2.45) is 0 Å². The van der Waals surface area contributed by atoms with Crippen LogP contribution in [0.1, 0.15) is 61.0 Å². The van der Waals surface area contributed by atoms with Gasteiger partial charge in [0.15, 0.2) is 8.32 Å². The monoisotopic (exact) mass is 341 g/mol. The summed E-state index contributed by atoms with van der Waals surface area (Å²) in [4.78, 5) is 21.2. The van der Waals surface area contributed by atoms with Crippen LogP contribution >= 0.6 is 0 Å². The van der Waals surface area contributed by atoms with E-state index in [0.717, 1.165) is 43.1 Å². The fraction of sp³-hybridized carbons (Fsp3) is 0.500. The molecule has 0 heterocycles. The summed E-state index contributed by atoms with van der Waals surface area (Å²) in [6.45, 7) is 8.27. The maximum atomic E-state index is 11.0. The van der Waals surface area contributed by atoms with Crippen LogP contribution in [0.5, 0.6) is 0 Å². The summed E-state index contributed by atoms with van der Waals surface area (Å²) >= 11 is 0. The first-order chi connectivity index (χ1) is 11.2. The second kappa shape index (κ2) is 8.83. The van der Waals surface area contributed by atoms with E-state index < -0.39 is 8.32 Å². The van der Waals surface area contributed by atoms with Gasteiger partial charge in [0.2, 0.25) is 0 Å². The molecule has 4 heteroatoms. The van der Waals surface area contributed by atoms with Crippen LogP contribution in [0.15, 0.2) is 18.2 Å². The van der Waals surface area contributed by atoms with Gasteiger partial charge in [-0.3, -0.25) is 4.79 Å². The van der Waals surface area contributed by atoms with Crippen LogP contribution in [0.4, 0.5) is 0 Å². The average molecular weight is 342 g/mol. The molecule has 0 saturated heterocycles. The van der Waals surface area contributed by atoms with Crippen LogP contribution in [-0.2, 0) is 6.42 Å². The van der Waals surface area contributed by atoms with Crippen molar-refractivity contribution in [3.8, 4) is 17.9 Å². The summed E-state index contributed by atoms with van der Waals surface area (Å²) in [5.41, 5.74) is 2.17. The molecule has 0 fully saturated rings. The first kappa shape index (κ1) is 20.2. The van der Waals surface area contributed by atoms with Crippen LogP contribution in [-0.4, -0.2) is 19.4 Å². The number of unbranched alkanes of at least 4 members (excludes halogenated alkanes) is 2. The van der Waals surface area contributed by atoms with Crippen molar-refractivity contribution in [1.29, 1.82) is 5.26 Å². The summed E-state index contributed by atoms with van der Waals surface area (Å²) in [5.74, 6) is 6.23. The van der Waals surface area contributed by atoms with Crippen molar-refractivity contribution < 1.29 is 9.59 Å². The Hall–Kier alpha value is -1.88. The summed E-state index contributed by atoms with van der Waals surface area (Å²) in [6.07, 6.45) is 4.92. The third-order valence-corrected chi connectivity index (χ3v) is 8.24. The van der Waals surface area contributed by atoms with Gasteiger partial charge in [-0.1, -0.05) is 32.1 Å². The third kappa shape index (κ3) is 6.32. The fourth-order valence-electron chi connectivity index (χ4n) is 2.30.